The van der Waals surface area contributed by atoms with Crippen molar-refractivity contribution in [1.82, 2.24) is 10.0 Å². The highest BCUT2D eigenvalue weighted by Gasteiger charge is 2.11. The molecule has 0 aliphatic heterocycles. The molecule has 1 unspecified atom stereocenters. The highest BCUT2D eigenvalue weighted by molar-refractivity contribution is 9.10. The van der Waals surface area contributed by atoms with E-state index in [4.69, 9.17) is 0 Å². The topological polar surface area (TPSA) is 75.3 Å². The Kier molecular flexibility index (Phi) is 6.30. The summed E-state index contributed by atoms with van der Waals surface area (Å²) in [5.41, 5.74) is 0. The zero-order chi connectivity index (χ0) is 11.2. The molecule has 0 fully saturated rings. The van der Waals surface area contributed by atoms with Gasteiger partial charge in [-0.3, -0.25) is 4.79 Å². The number of amides is 1. The van der Waals surface area contributed by atoms with Crippen molar-refractivity contribution in [2.45, 2.75) is 18.7 Å². The van der Waals surface area contributed by atoms with Gasteiger partial charge in [0, 0.05) is 13.1 Å². The summed E-state index contributed by atoms with van der Waals surface area (Å²) in [5.74, 6) is -0.302. The van der Waals surface area contributed by atoms with Gasteiger partial charge in [0.1, 0.15) is 0 Å². The Morgan fingerprint density at radius 3 is 2.50 bits per heavy atom. The minimum absolute atomic E-state index is 0.0910. The van der Waals surface area contributed by atoms with Crippen LogP contribution in [0.2, 0.25) is 0 Å². The van der Waals surface area contributed by atoms with Gasteiger partial charge in [0.15, 0.2) is 0 Å². The SMILES string of the molecule is CCNS(=O)(=O)CCNC(=O)C(C)Br. The van der Waals surface area contributed by atoms with Crippen LogP contribution in [0.3, 0.4) is 0 Å². The second-order valence-corrected chi connectivity index (χ2v) is 6.02. The van der Waals surface area contributed by atoms with Gasteiger partial charge in [-0.2, -0.15) is 0 Å². The molecular weight excluding hydrogens is 272 g/mol. The van der Waals surface area contributed by atoms with Gasteiger partial charge >= 0.3 is 0 Å². The smallest absolute Gasteiger partial charge is 0.233 e. The van der Waals surface area contributed by atoms with Gasteiger partial charge in [-0.1, -0.05) is 22.9 Å². The van der Waals surface area contributed by atoms with Crippen LogP contribution in [0.4, 0.5) is 0 Å². The lowest BCUT2D eigenvalue weighted by molar-refractivity contribution is -0.120. The normalized spacial score (nSPS) is 13.6. The maximum atomic E-state index is 11.1. The van der Waals surface area contributed by atoms with Crippen LogP contribution in [0.1, 0.15) is 13.8 Å². The summed E-state index contributed by atoms with van der Waals surface area (Å²) < 4.78 is 24.5. The highest BCUT2D eigenvalue weighted by Crippen LogP contribution is 1.95. The third kappa shape index (κ3) is 6.33. The molecule has 0 aromatic heterocycles. The molecule has 0 aliphatic carbocycles. The molecule has 0 radical (unpaired) electrons. The Morgan fingerprint density at radius 2 is 2.07 bits per heavy atom. The molecule has 0 rings (SSSR count). The Bertz CT molecular complexity index is 277. The Morgan fingerprint density at radius 1 is 1.50 bits per heavy atom. The number of halogens is 1. The largest absolute Gasteiger partial charge is 0.354 e. The van der Waals surface area contributed by atoms with Crippen molar-refractivity contribution in [2.75, 3.05) is 18.8 Å². The summed E-state index contributed by atoms with van der Waals surface area (Å²) in [6.07, 6.45) is 0. The maximum Gasteiger partial charge on any atom is 0.233 e. The molecule has 7 heteroatoms. The first-order chi connectivity index (χ1) is 6.39. The van der Waals surface area contributed by atoms with Gasteiger partial charge in [0.05, 0.1) is 10.6 Å². The number of hydrogen-bond donors (Lipinski definition) is 2. The Hall–Kier alpha value is -0.140. The molecule has 0 aromatic carbocycles. The lowest BCUT2D eigenvalue weighted by Crippen LogP contribution is -2.36. The van der Waals surface area contributed by atoms with Crippen molar-refractivity contribution in [3.05, 3.63) is 0 Å². The van der Waals surface area contributed by atoms with Crippen LogP contribution < -0.4 is 10.0 Å². The van der Waals surface area contributed by atoms with E-state index < -0.39 is 10.0 Å². The monoisotopic (exact) mass is 286 g/mol. The van der Waals surface area contributed by atoms with E-state index in [1.807, 2.05) is 0 Å². The molecule has 14 heavy (non-hydrogen) atoms. The molecule has 0 spiro atoms. The van der Waals surface area contributed by atoms with Crippen molar-refractivity contribution in [3.63, 3.8) is 0 Å². The van der Waals surface area contributed by atoms with Crippen LogP contribution >= 0.6 is 15.9 Å². The van der Waals surface area contributed by atoms with Crippen molar-refractivity contribution < 1.29 is 13.2 Å². The van der Waals surface area contributed by atoms with E-state index in [2.05, 4.69) is 26.0 Å². The third-order valence-corrected chi connectivity index (χ3v) is 3.28. The fraction of sp³-hybridized carbons (Fsp3) is 0.857. The quantitative estimate of drug-likeness (QED) is 0.666. The summed E-state index contributed by atoms with van der Waals surface area (Å²) in [6, 6.07) is 0. The molecule has 0 aromatic rings. The van der Waals surface area contributed by atoms with Crippen LogP contribution in [-0.2, 0) is 14.8 Å². The van der Waals surface area contributed by atoms with Crippen LogP contribution in [0.15, 0.2) is 0 Å². The second-order valence-electron chi connectivity index (χ2n) is 2.72. The number of rotatable bonds is 6. The third-order valence-electron chi connectivity index (χ3n) is 1.40. The summed E-state index contributed by atoms with van der Waals surface area (Å²) in [6.45, 7) is 3.88. The molecular formula is C7H15BrN2O3S. The first-order valence-corrected chi connectivity index (χ1v) is 6.85. The number of alkyl halides is 1. The first kappa shape index (κ1) is 13.9. The Balaban J connectivity index is 3.80. The molecule has 0 saturated carbocycles. The summed E-state index contributed by atoms with van der Waals surface area (Å²) in [7, 11) is -3.23. The van der Waals surface area contributed by atoms with E-state index in [1.54, 1.807) is 13.8 Å². The van der Waals surface area contributed by atoms with Crippen molar-refractivity contribution >= 4 is 31.9 Å². The van der Waals surface area contributed by atoms with E-state index in [0.717, 1.165) is 0 Å². The number of hydrogen-bond acceptors (Lipinski definition) is 3. The number of carbonyl (C=O) groups is 1. The van der Waals surface area contributed by atoms with Crippen LogP contribution in [0, 0.1) is 0 Å². The summed E-state index contributed by atoms with van der Waals surface area (Å²) >= 11 is 3.07. The lowest BCUT2D eigenvalue weighted by Gasteiger charge is -2.07. The van der Waals surface area contributed by atoms with Gasteiger partial charge in [-0.15, -0.1) is 0 Å². The zero-order valence-corrected chi connectivity index (χ0v) is 10.6. The fourth-order valence-electron chi connectivity index (χ4n) is 0.741. The molecule has 1 amide bonds. The van der Waals surface area contributed by atoms with Gasteiger partial charge in [-0.05, 0) is 6.92 Å². The first-order valence-electron chi connectivity index (χ1n) is 4.28. The van der Waals surface area contributed by atoms with Crippen LogP contribution in [0.25, 0.3) is 0 Å². The van der Waals surface area contributed by atoms with Crippen molar-refractivity contribution in [3.8, 4) is 0 Å². The van der Waals surface area contributed by atoms with Gasteiger partial charge in [0.2, 0.25) is 15.9 Å². The van der Waals surface area contributed by atoms with Crippen molar-refractivity contribution in [2.24, 2.45) is 0 Å². The van der Waals surface area contributed by atoms with Crippen LogP contribution in [0.5, 0.6) is 0 Å². The molecule has 0 aliphatic rings. The molecule has 2 N–H and O–H groups in total. The summed E-state index contributed by atoms with van der Waals surface area (Å²) in [5, 5.41) is 2.49. The van der Waals surface area contributed by atoms with E-state index >= 15 is 0 Å². The fourth-order valence-corrected chi connectivity index (χ4v) is 1.86. The minimum Gasteiger partial charge on any atom is -0.354 e. The minimum atomic E-state index is -3.23. The van der Waals surface area contributed by atoms with Gasteiger partial charge in [-0.25, -0.2) is 13.1 Å². The standard InChI is InChI=1S/C7H15BrN2O3S/c1-3-10-14(12,13)5-4-9-7(11)6(2)8/h6,10H,3-5H2,1-2H3,(H,9,11). The second kappa shape index (κ2) is 6.36. The highest BCUT2D eigenvalue weighted by atomic mass is 79.9. The number of sulfonamides is 1. The zero-order valence-electron chi connectivity index (χ0n) is 8.21. The van der Waals surface area contributed by atoms with E-state index in [0.29, 0.717) is 6.54 Å². The lowest BCUT2D eigenvalue weighted by atomic mass is 10.4. The molecule has 0 heterocycles. The predicted molar refractivity (Wildman–Crippen MR) is 58.9 cm³/mol. The van der Waals surface area contributed by atoms with Crippen molar-refractivity contribution in [1.29, 1.82) is 0 Å². The average molecular weight is 287 g/mol. The maximum absolute atomic E-state index is 11.1. The van der Waals surface area contributed by atoms with Crippen LogP contribution in [-0.4, -0.2) is 38.0 Å². The molecule has 0 bridgehead atoms. The predicted octanol–water partition coefficient (Wildman–Crippen LogP) is -0.175. The van der Waals surface area contributed by atoms with E-state index in [-0.39, 0.29) is 23.0 Å². The van der Waals surface area contributed by atoms with E-state index in [1.165, 1.54) is 0 Å². The molecule has 1 atom stereocenters. The Labute approximate surface area is 92.8 Å². The molecule has 5 nitrogen and oxygen atoms in total. The molecule has 84 valence electrons. The van der Waals surface area contributed by atoms with Gasteiger partial charge in [0.25, 0.3) is 0 Å². The summed E-state index contributed by atoms with van der Waals surface area (Å²) in [4.78, 5) is 10.7. The van der Waals surface area contributed by atoms with E-state index in [9.17, 15) is 13.2 Å². The van der Waals surface area contributed by atoms with Gasteiger partial charge < -0.3 is 5.32 Å². The average Bonchev–Trinajstić information content (AvgIpc) is 2.03. The molecule has 0 saturated heterocycles. The number of carbonyl (C=O) groups excluding carboxylic acids is 1. The number of nitrogens with one attached hydrogen (secondary N) is 2.